The zero-order valence-electron chi connectivity index (χ0n) is 16.1. The Hall–Kier alpha value is -3.40. The molecule has 3 aromatic carbocycles. The van der Waals surface area contributed by atoms with E-state index in [0.29, 0.717) is 12.1 Å². The van der Waals surface area contributed by atoms with Crippen molar-refractivity contribution in [1.29, 1.82) is 0 Å². The third-order valence-electron chi connectivity index (χ3n) is 4.86. The molecule has 5 rings (SSSR count). The maximum atomic E-state index is 11.0. The first-order chi connectivity index (χ1) is 14.8. The van der Waals surface area contributed by atoms with E-state index in [1.165, 1.54) is 4.46 Å². The zero-order valence-corrected chi connectivity index (χ0v) is 17.9. The van der Waals surface area contributed by atoms with Crippen LogP contribution in [0.1, 0.15) is 11.3 Å². The number of aromatic hydroxyl groups is 1. The second kappa shape index (κ2) is 8.15. The number of aromatic nitrogens is 3. The van der Waals surface area contributed by atoms with Gasteiger partial charge in [-0.2, -0.15) is 0 Å². The molecule has 0 fully saturated rings. The van der Waals surface area contributed by atoms with E-state index in [2.05, 4.69) is 12.1 Å². The Labute approximate surface area is 181 Å². The van der Waals surface area contributed by atoms with Gasteiger partial charge in [0.25, 0.3) is 0 Å². The van der Waals surface area contributed by atoms with Crippen molar-refractivity contribution in [1.82, 2.24) is 14.4 Å². The topological polar surface area (TPSA) is 50.4 Å². The summed E-state index contributed by atoms with van der Waals surface area (Å²) < 4.78 is 3.91. The summed E-state index contributed by atoms with van der Waals surface area (Å²) in [6.07, 6.45) is 2.46. The van der Waals surface area contributed by atoms with Gasteiger partial charge in [-0.15, -0.1) is 0 Å². The third-order valence-corrected chi connectivity index (χ3v) is 6.91. The Morgan fingerprint density at radius 2 is 1.40 bits per heavy atom. The molecule has 0 amide bonds. The van der Waals surface area contributed by atoms with Crippen LogP contribution in [0.5, 0.6) is 5.88 Å². The van der Waals surface area contributed by atoms with Crippen molar-refractivity contribution in [3.63, 3.8) is 0 Å². The van der Waals surface area contributed by atoms with Gasteiger partial charge in [0.05, 0.1) is 0 Å². The van der Waals surface area contributed by atoms with Crippen molar-refractivity contribution in [2.24, 2.45) is 0 Å². The monoisotopic (exact) mass is 457 g/mol. The van der Waals surface area contributed by atoms with Crippen molar-refractivity contribution < 1.29 is 5.11 Å². The van der Waals surface area contributed by atoms with E-state index >= 15 is 0 Å². The first-order valence-electron chi connectivity index (χ1n) is 9.71. The van der Waals surface area contributed by atoms with Crippen LogP contribution in [0.4, 0.5) is 0 Å². The van der Waals surface area contributed by atoms with Crippen molar-refractivity contribution in [2.75, 3.05) is 0 Å². The van der Waals surface area contributed by atoms with Crippen LogP contribution < -0.4 is 9.05 Å². The zero-order chi connectivity index (χ0) is 20.3. The molecule has 0 spiro atoms. The average molecular weight is 456 g/mol. The maximum absolute atomic E-state index is 11.0. The molecule has 4 nitrogen and oxygen atoms in total. The SMILES string of the molecule is Oc1c(Cc2ccccc2)nc2c([Se]c3ccccc3)nc(-c3ccccc3)cn12. The van der Waals surface area contributed by atoms with Crippen LogP contribution in [0.2, 0.25) is 0 Å². The Morgan fingerprint density at radius 1 is 0.767 bits per heavy atom. The quantitative estimate of drug-likeness (QED) is 0.413. The van der Waals surface area contributed by atoms with Crippen molar-refractivity contribution >= 4 is 29.7 Å². The predicted molar refractivity (Wildman–Crippen MR) is 121 cm³/mol. The summed E-state index contributed by atoms with van der Waals surface area (Å²) in [5.74, 6) is 0.179. The molecule has 0 saturated carbocycles. The summed E-state index contributed by atoms with van der Waals surface area (Å²) in [5, 5.41) is 11.0. The van der Waals surface area contributed by atoms with Gasteiger partial charge >= 0.3 is 181 Å². The van der Waals surface area contributed by atoms with Gasteiger partial charge in [-0.1, -0.05) is 0 Å². The van der Waals surface area contributed by atoms with E-state index in [0.717, 1.165) is 27.1 Å². The molecule has 0 bridgehead atoms. The first kappa shape index (κ1) is 18.6. The standard InChI is InChI=1S/C25H19N3OSe/c29-25-21(16-18-10-4-1-5-11-18)26-23-24(30-20-14-8-3-9-15-20)27-22(17-28(23)25)19-12-6-2-7-13-19/h1-15,17,29H,16H2. The molecule has 5 heteroatoms. The van der Waals surface area contributed by atoms with Gasteiger partial charge in [0.1, 0.15) is 0 Å². The van der Waals surface area contributed by atoms with E-state index in [9.17, 15) is 5.11 Å². The number of nitrogens with zero attached hydrogens (tertiary/aromatic N) is 3. The Morgan fingerprint density at radius 3 is 2.10 bits per heavy atom. The molecule has 146 valence electrons. The molecular weight excluding hydrogens is 437 g/mol. The summed E-state index contributed by atoms with van der Waals surface area (Å²) in [6, 6.07) is 30.5. The van der Waals surface area contributed by atoms with Crippen LogP contribution in [0.15, 0.2) is 97.2 Å². The molecule has 30 heavy (non-hydrogen) atoms. The third kappa shape index (κ3) is 3.73. The van der Waals surface area contributed by atoms with E-state index in [4.69, 9.17) is 9.97 Å². The van der Waals surface area contributed by atoms with Crippen LogP contribution in [0.25, 0.3) is 16.9 Å². The predicted octanol–water partition coefficient (Wildman–Crippen LogP) is 3.35. The molecule has 0 aliphatic carbocycles. The van der Waals surface area contributed by atoms with Crippen LogP contribution in [-0.4, -0.2) is 34.4 Å². The molecular formula is C25H19N3OSe. The van der Waals surface area contributed by atoms with Crippen LogP contribution in [0, 0.1) is 0 Å². The van der Waals surface area contributed by atoms with Crippen molar-refractivity contribution in [3.8, 4) is 17.1 Å². The molecule has 0 aliphatic heterocycles. The molecule has 0 radical (unpaired) electrons. The Bertz CT molecular complexity index is 1290. The summed E-state index contributed by atoms with van der Waals surface area (Å²) in [5.41, 5.74) is 4.35. The van der Waals surface area contributed by atoms with Gasteiger partial charge in [-0.3, -0.25) is 0 Å². The minimum absolute atomic E-state index is 0.0326. The molecule has 1 N–H and O–H groups in total. The normalized spacial score (nSPS) is 11.1. The fourth-order valence-electron chi connectivity index (χ4n) is 3.38. The fraction of sp³-hybridized carbons (Fsp3) is 0.0400. The van der Waals surface area contributed by atoms with E-state index in [1.807, 2.05) is 85.1 Å². The van der Waals surface area contributed by atoms with Crippen molar-refractivity contribution in [3.05, 3.63) is 108 Å². The fourth-order valence-corrected chi connectivity index (χ4v) is 5.26. The summed E-state index contributed by atoms with van der Waals surface area (Å²) in [6.45, 7) is 0. The average Bonchev–Trinajstić information content (AvgIpc) is 3.11. The number of fused-ring (bicyclic) bond motifs is 1. The second-order valence-electron chi connectivity index (χ2n) is 6.95. The number of imidazole rings is 1. The van der Waals surface area contributed by atoms with Gasteiger partial charge in [0.2, 0.25) is 0 Å². The van der Waals surface area contributed by atoms with Crippen molar-refractivity contribution in [2.45, 2.75) is 6.42 Å². The molecule has 5 aromatic rings. The van der Waals surface area contributed by atoms with E-state index in [1.54, 1.807) is 4.40 Å². The molecule has 2 aromatic heterocycles. The van der Waals surface area contributed by atoms with E-state index < -0.39 is 0 Å². The van der Waals surface area contributed by atoms with Gasteiger partial charge in [-0.25, -0.2) is 0 Å². The van der Waals surface area contributed by atoms with Crippen LogP contribution in [-0.2, 0) is 6.42 Å². The van der Waals surface area contributed by atoms with Gasteiger partial charge in [-0.05, 0) is 0 Å². The number of benzene rings is 3. The molecule has 0 aliphatic rings. The van der Waals surface area contributed by atoms with Crippen LogP contribution >= 0.6 is 0 Å². The minimum atomic E-state index is -0.0326. The molecule has 0 atom stereocenters. The van der Waals surface area contributed by atoms with Gasteiger partial charge in [0, 0.05) is 0 Å². The van der Waals surface area contributed by atoms with Crippen LogP contribution in [0.3, 0.4) is 0 Å². The summed E-state index contributed by atoms with van der Waals surface area (Å²) in [4.78, 5) is 9.77. The second-order valence-corrected chi connectivity index (χ2v) is 9.18. The first-order valence-corrected chi connectivity index (χ1v) is 11.4. The number of rotatable bonds is 5. The molecule has 2 heterocycles. The number of hydrogen-bond donors (Lipinski definition) is 1. The Kier molecular flexibility index (Phi) is 5.06. The summed E-state index contributed by atoms with van der Waals surface area (Å²) >= 11 is -0.0326. The molecule has 0 saturated heterocycles. The Balaban J connectivity index is 1.66. The van der Waals surface area contributed by atoms with E-state index in [-0.39, 0.29) is 20.8 Å². The van der Waals surface area contributed by atoms with Gasteiger partial charge in [0.15, 0.2) is 0 Å². The van der Waals surface area contributed by atoms with Gasteiger partial charge < -0.3 is 0 Å². The molecule has 0 unspecified atom stereocenters. The number of hydrogen-bond acceptors (Lipinski definition) is 3. The summed E-state index contributed by atoms with van der Waals surface area (Å²) in [7, 11) is 0.